The highest BCUT2D eigenvalue weighted by molar-refractivity contribution is 5.98. The van der Waals surface area contributed by atoms with Crippen molar-refractivity contribution in [1.29, 1.82) is 0 Å². The highest BCUT2D eigenvalue weighted by atomic mass is 16.5. The van der Waals surface area contributed by atoms with Gasteiger partial charge in [-0.25, -0.2) is 0 Å². The number of nitrogens with zero attached hydrogens (tertiary/aromatic N) is 1. The van der Waals surface area contributed by atoms with Crippen molar-refractivity contribution < 1.29 is 19.1 Å². The fourth-order valence-corrected chi connectivity index (χ4v) is 2.99. The lowest BCUT2D eigenvalue weighted by Crippen LogP contribution is -2.54. The van der Waals surface area contributed by atoms with Gasteiger partial charge in [0.15, 0.2) is 0 Å². The Hall–Kier alpha value is -2.28. The van der Waals surface area contributed by atoms with Crippen LogP contribution in [0.25, 0.3) is 0 Å². The molecule has 1 aliphatic rings. The van der Waals surface area contributed by atoms with E-state index < -0.39 is 6.04 Å². The molecule has 1 fully saturated rings. The predicted molar refractivity (Wildman–Crippen MR) is 99.4 cm³/mol. The van der Waals surface area contributed by atoms with Gasteiger partial charge in [0.05, 0.1) is 14.2 Å². The van der Waals surface area contributed by atoms with Crippen LogP contribution in [0, 0.1) is 5.92 Å². The molecule has 0 saturated carbocycles. The van der Waals surface area contributed by atoms with E-state index in [9.17, 15) is 9.59 Å². The van der Waals surface area contributed by atoms with E-state index in [0.29, 0.717) is 30.2 Å². The van der Waals surface area contributed by atoms with Crippen molar-refractivity contribution in [2.75, 3.05) is 27.3 Å². The molecule has 0 bridgehead atoms. The molecule has 144 valence electrons. The molecule has 26 heavy (non-hydrogen) atoms. The van der Waals surface area contributed by atoms with Crippen LogP contribution in [0.4, 0.5) is 0 Å². The third-order valence-electron chi connectivity index (χ3n) is 4.68. The number of nitrogens with one attached hydrogen (secondary N) is 1. The number of benzene rings is 1. The predicted octanol–water partition coefficient (Wildman–Crippen LogP) is 1.41. The normalized spacial score (nSPS) is 16.3. The third kappa shape index (κ3) is 4.88. The van der Waals surface area contributed by atoms with Gasteiger partial charge in [0.1, 0.15) is 17.5 Å². The minimum absolute atomic E-state index is 0.0328. The fourth-order valence-electron chi connectivity index (χ4n) is 2.99. The van der Waals surface area contributed by atoms with Gasteiger partial charge in [-0.1, -0.05) is 13.8 Å². The molecule has 0 spiro atoms. The molecule has 1 saturated heterocycles. The van der Waals surface area contributed by atoms with Gasteiger partial charge in [0.2, 0.25) is 5.91 Å². The Morgan fingerprint density at radius 1 is 1.12 bits per heavy atom. The van der Waals surface area contributed by atoms with Gasteiger partial charge >= 0.3 is 0 Å². The van der Waals surface area contributed by atoms with Crippen molar-refractivity contribution in [3.63, 3.8) is 0 Å². The molecule has 0 radical (unpaired) electrons. The number of carbonyl (C=O) groups excluding carboxylic acids is 2. The molecule has 1 unspecified atom stereocenters. The maximum Gasteiger partial charge on any atom is 0.252 e. The molecule has 1 aliphatic heterocycles. The zero-order valence-electron chi connectivity index (χ0n) is 16.0. The first-order valence-corrected chi connectivity index (χ1v) is 8.94. The van der Waals surface area contributed by atoms with Crippen molar-refractivity contribution >= 4 is 11.8 Å². The van der Waals surface area contributed by atoms with E-state index in [4.69, 9.17) is 15.2 Å². The number of amides is 2. The lowest BCUT2D eigenvalue weighted by molar-refractivity contribution is -0.135. The third-order valence-corrected chi connectivity index (χ3v) is 4.68. The van der Waals surface area contributed by atoms with Gasteiger partial charge in [-0.05, 0) is 30.9 Å². The van der Waals surface area contributed by atoms with E-state index in [2.05, 4.69) is 5.32 Å². The fraction of sp³-hybridized carbons (Fsp3) is 0.579. The number of nitrogens with two attached hydrogens (primary N) is 1. The molecule has 2 amide bonds. The standard InChI is InChI=1S/C19H29N3O4/c1-12(2)17(19(24)22-7-5-14(20)6-8-22)21-18(23)13-9-15(25-3)11-16(10-13)26-4/h9-12,14,17H,5-8,20H2,1-4H3,(H,21,23). The van der Waals surface area contributed by atoms with Gasteiger partial charge in [-0.2, -0.15) is 0 Å². The van der Waals surface area contributed by atoms with Crippen LogP contribution in [0.5, 0.6) is 11.5 Å². The SMILES string of the molecule is COc1cc(OC)cc(C(=O)NC(C(=O)N2CCC(N)CC2)C(C)C)c1. The Labute approximate surface area is 154 Å². The summed E-state index contributed by atoms with van der Waals surface area (Å²) in [6, 6.07) is 4.50. The summed E-state index contributed by atoms with van der Waals surface area (Å²) in [5.74, 6) is 0.617. The van der Waals surface area contributed by atoms with Crippen molar-refractivity contribution in [2.45, 2.75) is 38.8 Å². The summed E-state index contributed by atoms with van der Waals surface area (Å²) in [4.78, 5) is 27.4. The number of carbonyl (C=O) groups is 2. The molecule has 0 aromatic heterocycles. The summed E-state index contributed by atoms with van der Waals surface area (Å²) in [6.07, 6.45) is 1.58. The summed E-state index contributed by atoms with van der Waals surface area (Å²) in [5, 5.41) is 2.87. The van der Waals surface area contributed by atoms with Crippen LogP contribution in [0.3, 0.4) is 0 Å². The number of rotatable bonds is 6. The maximum absolute atomic E-state index is 12.9. The van der Waals surface area contributed by atoms with E-state index in [1.54, 1.807) is 23.1 Å². The molecule has 7 nitrogen and oxygen atoms in total. The van der Waals surface area contributed by atoms with Crippen LogP contribution in [-0.2, 0) is 4.79 Å². The van der Waals surface area contributed by atoms with E-state index in [0.717, 1.165) is 12.8 Å². The number of methoxy groups -OCH3 is 2. The van der Waals surface area contributed by atoms with Crippen molar-refractivity contribution in [1.82, 2.24) is 10.2 Å². The molecule has 1 aromatic carbocycles. The number of piperidine rings is 1. The first-order valence-electron chi connectivity index (χ1n) is 8.94. The molecule has 1 aromatic rings. The number of likely N-dealkylation sites (tertiary alicyclic amines) is 1. The number of ether oxygens (including phenoxy) is 2. The smallest absolute Gasteiger partial charge is 0.252 e. The molecule has 1 atom stereocenters. The van der Waals surface area contributed by atoms with Gasteiger partial charge < -0.3 is 25.4 Å². The lowest BCUT2D eigenvalue weighted by atomic mass is 9.99. The van der Waals surface area contributed by atoms with Gasteiger partial charge in [0, 0.05) is 30.8 Å². The van der Waals surface area contributed by atoms with Gasteiger partial charge in [-0.15, -0.1) is 0 Å². The molecule has 1 heterocycles. The molecule has 7 heteroatoms. The minimum atomic E-state index is -0.589. The minimum Gasteiger partial charge on any atom is -0.497 e. The van der Waals surface area contributed by atoms with E-state index >= 15 is 0 Å². The van der Waals surface area contributed by atoms with Crippen LogP contribution >= 0.6 is 0 Å². The summed E-state index contributed by atoms with van der Waals surface area (Å²) in [7, 11) is 3.05. The summed E-state index contributed by atoms with van der Waals surface area (Å²) in [5.41, 5.74) is 6.30. The van der Waals surface area contributed by atoms with E-state index in [1.165, 1.54) is 14.2 Å². The molecule has 2 rings (SSSR count). The second-order valence-corrected chi connectivity index (χ2v) is 6.96. The second kappa shape index (κ2) is 8.89. The first-order chi connectivity index (χ1) is 12.3. The summed E-state index contributed by atoms with van der Waals surface area (Å²) in [6.45, 7) is 5.10. The van der Waals surface area contributed by atoms with Crippen molar-refractivity contribution in [3.8, 4) is 11.5 Å². The Morgan fingerprint density at radius 3 is 2.12 bits per heavy atom. The number of hydrogen-bond donors (Lipinski definition) is 2. The molecule has 0 aliphatic carbocycles. The van der Waals surface area contributed by atoms with Crippen LogP contribution < -0.4 is 20.5 Å². The highest BCUT2D eigenvalue weighted by Gasteiger charge is 2.31. The monoisotopic (exact) mass is 363 g/mol. The largest absolute Gasteiger partial charge is 0.497 e. The topological polar surface area (TPSA) is 93.9 Å². The average Bonchev–Trinajstić information content (AvgIpc) is 2.65. The van der Waals surface area contributed by atoms with E-state index in [1.807, 2.05) is 13.8 Å². The zero-order valence-corrected chi connectivity index (χ0v) is 16.0. The first kappa shape index (κ1) is 20.0. The molecule has 3 N–H and O–H groups in total. The average molecular weight is 363 g/mol. The lowest BCUT2D eigenvalue weighted by Gasteiger charge is -2.34. The van der Waals surface area contributed by atoms with Crippen LogP contribution in [0.15, 0.2) is 18.2 Å². The Kier molecular flexibility index (Phi) is 6.85. The van der Waals surface area contributed by atoms with Gasteiger partial charge in [-0.3, -0.25) is 9.59 Å². The van der Waals surface area contributed by atoms with Gasteiger partial charge in [0.25, 0.3) is 5.91 Å². The Bertz CT molecular complexity index is 617. The second-order valence-electron chi connectivity index (χ2n) is 6.96. The summed E-state index contributed by atoms with van der Waals surface area (Å²) < 4.78 is 10.4. The van der Waals surface area contributed by atoms with Crippen LogP contribution in [-0.4, -0.2) is 56.1 Å². The summed E-state index contributed by atoms with van der Waals surface area (Å²) >= 11 is 0. The Morgan fingerprint density at radius 2 is 1.65 bits per heavy atom. The maximum atomic E-state index is 12.9. The number of hydrogen-bond acceptors (Lipinski definition) is 5. The van der Waals surface area contributed by atoms with Crippen molar-refractivity contribution in [2.24, 2.45) is 11.7 Å². The zero-order chi connectivity index (χ0) is 19.3. The van der Waals surface area contributed by atoms with Crippen LogP contribution in [0.1, 0.15) is 37.0 Å². The van der Waals surface area contributed by atoms with Crippen molar-refractivity contribution in [3.05, 3.63) is 23.8 Å². The molecular formula is C19H29N3O4. The van der Waals surface area contributed by atoms with Crippen LogP contribution in [0.2, 0.25) is 0 Å². The quantitative estimate of drug-likeness (QED) is 0.797. The highest BCUT2D eigenvalue weighted by Crippen LogP contribution is 2.23. The van der Waals surface area contributed by atoms with E-state index in [-0.39, 0.29) is 23.8 Å². The Balaban J connectivity index is 2.14. The molecular weight excluding hydrogens is 334 g/mol.